The molecular formula is C12H17N3O3. The lowest BCUT2D eigenvalue weighted by Crippen LogP contribution is -2.29. The molecule has 0 aliphatic carbocycles. The van der Waals surface area contributed by atoms with Crippen LogP contribution in [-0.4, -0.2) is 44.5 Å². The lowest BCUT2D eigenvalue weighted by atomic mass is 10.1. The van der Waals surface area contributed by atoms with Gasteiger partial charge in [0, 0.05) is 38.4 Å². The van der Waals surface area contributed by atoms with Crippen molar-refractivity contribution in [1.29, 1.82) is 0 Å². The molecule has 98 valence electrons. The van der Waals surface area contributed by atoms with E-state index >= 15 is 0 Å². The van der Waals surface area contributed by atoms with E-state index in [0.29, 0.717) is 25.9 Å². The van der Waals surface area contributed by atoms with Crippen LogP contribution < -0.4 is 0 Å². The van der Waals surface area contributed by atoms with Crippen molar-refractivity contribution in [3.05, 3.63) is 18.7 Å². The Morgan fingerprint density at radius 3 is 2.89 bits per heavy atom. The Kier molecular flexibility index (Phi) is 3.96. The topological polar surface area (TPSA) is 75.4 Å². The third-order valence-electron chi connectivity index (χ3n) is 3.26. The molecule has 6 heteroatoms. The van der Waals surface area contributed by atoms with Crippen molar-refractivity contribution in [3.63, 3.8) is 0 Å². The van der Waals surface area contributed by atoms with Crippen LogP contribution in [-0.2, 0) is 16.1 Å². The minimum Gasteiger partial charge on any atom is -0.481 e. The number of carboxylic acid groups (broad SMARTS) is 1. The van der Waals surface area contributed by atoms with E-state index in [1.54, 1.807) is 17.4 Å². The number of hydrogen-bond donors (Lipinski definition) is 1. The summed E-state index contributed by atoms with van der Waals surface area (Å²) in [5, 5.41) is 8.87. The van der Waals surface area contributed by atoms with Crippen molar-refractivity contribution in [1.82, 2.24) is 14.5 Å². The minimum atomic E-state index is -0.802. The van der Waals surface area contributed by atoms with Crippen molar-refractivity contribution in [2.24, 2.45) is 5.92 Å². The van der Waals surface area contributed by atoms with Crippen LogP contribution in [0.25, 0.3) is 0 Å². The third-order valence-corrected chi connectivity index (χ3v) is 3.26. The summed E-state index contributed by atoms with van der Waals surface area (Å²) in [6.07, 6.45) is 7.08. The first kappa shape index (κ1) is 12.6. The second-order valence-electron chi connectivity index (χ2n) is 4.57. The fraction of sp³-hybridized carbons (Fsp3) is 0.583. The van der Waals surface area contributed by atoms with Crippen LogP contribution in [0, 0.1) is 5.92 Å². The maximum Gasteiger partial charge on any atom is 0.308 e. The van der Waals surface area contributed by atoms with Gasteiger partial charge in [-0.05, 0) is 12.8 Å². The van der Waals surface area contributed by atoms with Crippen LogP contribution in [0.4, 0.5) is 0 Å². The number of imidazole rings is 1. The van der Waals surface area contributed by atoms with Crippen LogP contribution >= 0.6 is 0 Å². The van der Waals surface area contributed by atoms with Crippen molar-refractivity contribution >= 4 is 11.9 Å². The molecule has 1 fully saturated rings. The fourth-order valence-electron chi connectivity index (χ4n) is 2.18. The van der Waals surface area contributed by atoms with Gasteiger partial charge < -0.3 is 14.6 Å². The molecule has 1 aromatic heterocycles. The molecule has 1 unspecified atom stereocenters. The molecule has 1 N–H and O–H groups in total. The van der Waals surface area contributed by atoms with Crippen molar-refractivity contribution in [3.8, 4) is 0 Å². The number of aryl methyl sites for hydroxylation is 1. The highest BCUT2D eigenvalue weighted by molar-refractivity contribution is 5.78. The maximum absolute atomic E-state index is 11.9. The van der Waals surface area contributed by atoms with Gasteiger partial charge in [0.1, 0.15) is 0 Å². The number of hydrogen-bond acceptors (Lipinski definition) is 3. The molecule has 1 amide bonds. The molecule has 0 radical (unpaired) electrons. The van der Waals surface area contributed by atoms with E-state index < -0.39 is 5.97 Å². The van der Waals surface area contributed by atoms with Crippen LogP contribution in [0.15, 0.2) is 18.7 Å². The molecule has 6 nitrogen and oxygen atoms in total. The van der Waals surface area contributed by atoms with Gasteiger partial charge in [0.2, 0.25) is 5.91 Å². The third kappa shape index (κ3) is 3.09. The largest absolute Gasteiger partial charge is 0.481 e. The van der Waals surface area contributed by atoms with Crippen molar-refractivity contribution < 1.29 is 14.7 Å². The molecule has 1 aromatic rings. The maximum atomic E-state index is 11.9. The van der Waals surface area contributed by atoms with Gasteiger partial charge in [0.15, 0.2) is 0 Å². The number of rotatable bonds is 5. The Morgan fingerprint density at radius 2 is 2.28 bits per heavy atom. The van der Waals surface area contributed by atoms with E-state index in [2.05, 4.69) is 4.98 Å². The molecule has 0 saturated carbocycles. The van der Waals surface area contributed by atoms with Gasteiger partial charge in [-0.25, -0.2) is 4.98 Å². The molecule has 1 saturated heterocycles. The summed E-state index contributed by atoms with van der Waals surface area (Å²) >= 11 is 0. The quantitative estimate of drug-likeness (QED) is 0.831. The lowest BCUT2D eigenvalue weighted by molar-refractivity contribution is -0.141. The molecular weight excluding hydrogens is 234 g/mol. The lowest BCUT2D eigenvalue weighted by Gasteiger charge is -2.15. The van der Waals surface area contributed by atoms with E-state index in [0.717, 1.165) is 13.0 Å². The predicted octanol–water partition coefficient (Wildman–Crippen LogP) is 0.596. The minimum absolute atomic E-state index is 0.0545. The number of carbonyl (C=O) groups is 2. The molecule has 0 aromatic carbocycles. The SMILES string of the molecule is O=C(O)C1CCN(C(=O)CCCn2ccnc2)C1. The summed E-state index contributed by atoms with van der Waals surface area (Å²) in [7, 11) is 0. The first-order valence-electron chi connectivity index (χ1n) is 6.13. The highest BCUT2D eigenvalue weighted by Gasteiger charge is 2.30. The number of aliphatic carboxylic acids is 1. The van der Waals surface area contributed by atoms with Gasteiger partial charge in [-0.3, -0.25) is 9.59 Å². The number of carboxylic acids is 1. The van der Waals surface area contributed by atoms with E-state index in [4.69, 9.17) is 5.11 Å². The van der Waals surface area contributed by atoms with Gasteiger partial charge in [0.25, 0.3) is 0 Å². The molecule has 2 rings (SSSR count). The van der Waals surface area contributed by atoms with Crippen LogP contribution in [0.1, 0.15) is 19.3 Å². The molecule has 1 aliphatic heterocycles. The molecule has 0 spiro atoms. The summed E-state index contributed by atoms with van der Waals surface area (Å²) in [6.45, 7) is 1.70. The number of aromatic nitrogens is 2. The average Bonchev–Trinajstić information content (AvgIpc) is 2.99. The first-order chi connectivity index (χ1) is 8.66. The second-order valence-corrected chi connectivity index (χ2v) is 4.57. The smallest absolute Gasteiger partial charge is 0.308 e. The summed E-state index contributed by atoms with van der Waals surface area (Å²) in [5.74, 6) is -1.13. The molecule has 2 heterocycles. The van der Waals surface area contributed by atoms with Crippen molar-refractivity contribution in [2.45, 2.75) is 25.8 Å². The highest BCUT2D eigenvalue weighted by Crippen LogP contribution is 2.17. The van der Waals surface area contributed by atoms with Gasteiger partial charge in [-0.1, -0.05) is 0 Å². The Bertz CT molecular complexity index is 416. The Morgan fingerprint density at radius 1 is 1.44 bits per heavy atom. The second kappa shape index (κ2) is 5.66. The summed E-state index contributed by atoms with van der Waals surface area (Å²) in [5.41, 5.74) is 0. The van der Waals surface area contributed by atoms with Crippen molar-refractivity contribution in [2.75, 3.05) is 13.1 Å². The molecule has 1 atom stereocenters. The Balaban J connectivity index is 1.71. The first-order valence-corrected chi connectivity index (χ1v) is 6.13. The number of likely N-dealkylation sites (tertiary alicyclic amines) is 1. The van der Waals surface area contributed by atoms with E-state index in [1.807, 2.05) is 10.8 Å². The molecule has 1 aliphatic rings. The average molecular weight is 251 g/mol. The van der Waals surface area contributed by atoms with Crippen LogP contribution in [0.3, 0.4) is 0 Å². The normalized spacial score (nSPS) is 19.1. The zero-order valence-electron chi connectivity index (χ0n) is 10.2. The van der Waals surface area contributed by atoms with E-state index in [9.17, 15) is 9.59 Å². The Labute approximate surface area is 105 Å². The monoisotopic (exact) mass is 251 g/mol. The number of amides is 1. The zero-order valence-corrected chi connectivity index (χ0v) is 10.2. The van der Waals surface area contributed by atoms with Gasteiger partial charge in [0.05, 0.1) is 12.2 Å². The Hall–Kier alpha value is -1.85. The number of carbonyl (C=O) groups excluding carboxylic acids is 1. The fourth-order valence-corrected chi connectivity index (χ4v) is 2.18. The van der Waals surface area contributed by atoms with Gasteiger partial charge in [-0.2, -0.15) is 0 Å². The van der Waals surface area contributed by atoms with E-state index in [-0.39, 0.29) is 11.8 Å². The standard InChI is InChI=1S/C12H17N3O3/c16-11(2-1-5-14-7-4-13-9-14)15-6-3-10(8-15)12(17)18/h4,7,9-10H,1-3,5-6,8H2,(H,17,18). The predicted molar refractivity (Wildman–Crippen MR) is 63.8 cm³/mol. The summed E-state index contributed by atoms with van der Waals surface area (Å²) < 4.78 is 1.93. The zero-order chi connectivity index (χ0) is 13.0. The summed E-state index contributed by atoms with van der Waals surface area (Å²) in [4.78, 5) is 28.2. The van der Waals surface area contributed by atoms with Gasteiger partial charge in [-0.15, -0.1) is 0 Å². The molecule has 0 bridgehead atoms. The van der Waals surface area contributed by atoms with Crippen LogP contribution in [0.5, 0.6) is 0 Å². The highest BCUT2D eigenvalue weighted by atomic mass is 16.4. The summed E-state index contributed by atoms with van der Waals surface area (Å²) in [6, 6.07) is 0. The van der Waals surface area contributed by atoms with Gasteiger partial charge >= 0.3 is 5.97 Å². The van der Waals surface area contributed by atoms with E-state index in [1.165, 1.54) is 0 Å². The number of nitrogens with zero attached hydrogens (tertiary/aromatic N) is 3. The van der Waals surface area contributed by atoms with Crippen LogP contribution in [0.2, 0.25) is 0 Å². The molecule has 18 heavy (non-hydrogen) atoms.